The molecule has 0 atom stereocenters. The molecule has 1 aromatic heterocycles. The fraction of sp³-hybridized carbons (Fsp3) is 0.167. The van der Waals surface area contributed by atoms with Crippen molar-refractivity contribution in [3.8, 4) is 0 Å². The molecule has 0 aromatic carbocycles. The van der Waals surface area contributed by atoms with Gasteiger partial charge in [-0.05, 0) is 6.07 Å². The molecule has 0 bridgehead atoms. The molecule has 1 rings (SSSR count). The van der Waals surface area contributed by atoms with E-state index in [1.165, 1.54) is 0 Å². The summed E-state index contributed by atoms with van der Waals surface area (Å²) in [6.45, 7) is -5.31. The fourth-order valence-electron chi connectivity index (χ4n) is 0.723. The molecule has 1 N–H and O–H groups in total. The molecule has 0 saturated heterocycles. The second-order valence-electron chi connectivity index (χ2n) is 2.32. The Balaban J connectivity index is 0.00000144. The van der Waals surface area contributed by atoms with Gasteiger partial charge < -0.3 is 18.1 Å². The molecule has 0 amide bonds. The van der Waals surface area contributed by atoms with Crippen LogP contribution >= 0.6 is 0 Å². The average Bonchev–Trinajstić information content (AvgIpc) is 2.03. The van der Waals surface area contributed by atoms with Gasteiger partial charge in [-0.3, -0.25) is 4.98 Å². The fourth-order valence-corrected chi connectivity index (χ4v) is 0.723. The summed E-state index contributed by atoms with van der Waals surface area (Å²) in [5.74, 6) is 0. The number of aliphatic hydroxyl groups is 1. The van der Waals surface area contributed by atoms with E-state index < -0.39 is 12.4 Å². The first kappa shape index (κ1) is 13.6. The Kier molecular flexibility index (Phi) is 5.73. The Morgan fingerprint density at radius 1 is 1.31 bits per heavy atom. The molecule has 0 unspecified atom stereocenters. The van der Waals surface area contributed by atoms with Gasteiger partial charge in [-0.15, -0.1) is 0 Å². The van der Waals surface area contributed by atoms with E-state index in [-0.39, 0.29) is 63.7 Å². The predicted octanol–water partition coefficient (Wildman–Crippen LogP) is -2.37. The van der Waals surface area contributed by atoms with Gasteiger partial charge in [-0.25, -0.2) is 0 Å². The minimum Gasteiger partial charge on any atom is -0.445 e. The Bertz CT molecular complexity index is 264. The van der Waals surface area contributed by atoms with E-state index >= 15 is 0 Å². The second kappa shape index (κ2) is 5.47. The van der Waals surface area contributed by atoms with Crippen molar-refractivity contribution in [2.24, 2.45) is 0 Å². The monoisotopic (exact) mass is 215 g/mol. The number of aromatic nitrogens is 1. The zero-order chi connectivity index (χ0) is 9.19. The van der Waals surface area contributed by atoms with Gasteiger partial charge in [0.2, 0.25) is 0 Å². The van der Waals surface area contributed by atoms with Gasteiger partial charge in [0, 0.05) is 6.20 Å². The Morgan fingerprint density at radius 3 is 2.23 bits per heavy atom. The molecule has 0 saturated carbocycles. The molecule has 2 nitrogen and oxygen atoms in total. The molecule has 0 aliphatic rings. The summed E-state index contributed by atoms with van der Waals surface area (Å²) in [7, 11) is 0. The van der Waals surface area contributed by atoms with Crippen molar-refractivity contribution in [1.82, 2.24) is 4.98 Å². The van der Waals surface area contributed by atoms with Crippen LogP contribution in [0.4, 0.5) is 12.9 Å². The van der Waals surface area contributed by atoms with Crippen molar-refractivity contribution in [3.05, 3.63) is 24.0 Å². The minimum absolute atomic E-state index is 0. The molecule has 0 fully saturated rings. The molecular formula is C6H6BF3KNO. The molecule has 0 aliphatic carbocycles. The van der Waals surface area contributed by atoms with Crippen LogP contribution in [0.15, 0.2) is 18.3 Å². The van der Waals surface area contributed by atoms with Crippen LogP contribution in [0.3, 0.4) is 0 Å². The molecule has 1 aromatic rings. The largest absolute Gasteiger partial charge is 1.00 e. The van der Waals surface area contributed by atoms with Gasteiger partial charge in [0.1, 0.15) is 0 Å². The molecule has 66 valence electrons. The standard InChI is InChI=1S/C6H6BF3NO.K/c8-7(9,10)5-1-2-6(4-12)11-3-5;/h1-3,12H,4H2;/q-1;+1. The van der Waals surface area contributed by atoms with E-state index in [2.05, 4.69) is 4.98 Å². The Hall–Kier alpha value is 0.601. The molecule has 13 heavy (non-hydrogen) atoms. The Labute approximate surface area is 116 Å². The van der Waals surface area contributed by atoms with Crippen LogP contribution in [-0.2, 0) is 6.61 Å². The second-order valence-corrected chi connectivity index (χ2v) is 2.32. The zero-order valence-corrected chi connectivity index (χ0v) is 10.2. The topological polar surface area (TPSA) is 33.1 Å². The van der Waals surface area contributed by atoms with Crippen LogP contribution in [-0.4, -0.2) is 17.1 Å². The minimum atomic E-state index is -4.97. The van der Waals surface area contributed by atoms with Crippen LogP contribution in [0.25, 0.3) is 0 Å². The van der Waals surface area contributed by atoms with Gasteiger partial charge >= 0.3 is 58.4 Å². The van der Waals surface area contributed by atoms with Crippen LogP contribution in [0.1, 0.15) is 5.69 Å². The number of pyridine rings is 1. The van der Waals surface area contributed by atoms with E-state index in [0.29, 0.717) is 0 Å². The van der Waals surface area contributed by atoms with Gasteiger partial charge in [0.05, 0.1) is 12.3 Å². The summed E-state index contributed by atoms with van der Waals surface area (Å²) in [6.07, 6.45) is 0.728. The van der Waals surface area contributed by atoms with Crippen LogP contribution in [0, 0.1) is 0 Å². The van der Waals surface area contributed by atoms with Gasteiger partial charge in [-0.2, -0.15) is 0 Å². The van der Waals surface area contributed by atoms with Crippen LogP contribution in [0.2, 0.25) is 0 Å². The first-order chi connectivity index (χ1) is 5.54. The quantitative estimate of drug-likeness (QED) is 0.559. The maximum atomic E-state index is 12.0. The third-order valence-corrected chi connectivity index (χ3v) is 1.39. The van der Waals surface area contributed by atoms with Crippen LogP contribution in [0.5, 0.6) is 0 Å². The number of rotatable bonds is 2. The first-order valence-electron chi connectivity index (χ1n) is 3.29. The van der Waals surface area contributed by atoms with Crippen molar-refractivity contribution in [2.45, 2.75) is 6.61 Å². The first-order valence-corrected chi connectivity index (χ1v) is 3.29. The van der Waals surface area contributed by atoms with Crippen molar-refractivity contribution >= 4 is 12.4 Å². The number of nitrogens with zero attached hydrogens (tertiary/aromatic N) is 1. The maximum absolute atomic E-state index is 12.0. The predicted molar refractivity (Wildman–Crippen MR) is 38.9 cm³/mol. The SMILES string of the molecule is OCc1ccc([B-](F)(F)F)cn1.[K+]. The van der Waals surface area contributed by atoms with E-state index in [9.17, 15) is 12.9 Å². The normalized spacial score (nSPS) is 10.8. The molecular weight excluding hydrogens is 209 g/mol. The Morgan fingerprint density at radius 2 is 1.92 bits per heavy atom. The van der Waals surface area contributed by atoms with Gasteiger partial charge in [-0.1, -0.05) is 11.5 Å². The van der Waals surface area contributed by atoms with E-state index in [1.807, 2.05) is 0 Å². The average molecular weight is 215 g/mol. The van der Waals surface area contributed by atoms with Crippen LogP contribution < -0.4 is 56.8 Å². The van der Waals surface area contributed by atoms with E-state index in [0.717, 1.165) is 18.3 Å². The van der Waals surface area contributed by atoms with Crippen molar-refractivity contribution < 1.29 is 69.4 Å². The smallest absolute Gasteiger partial charge is 0.445 e. The summed E-state index contributed by atoms with van der Waals surface area (Å²) in [5.41, 5.74) is -0.508. The van der Waals surface area contributed by atoms with E-state index in [1.54, 1.807) is 0 Å². The van der Waals surface area contributed by atoms with Gasteiger partial charge in [0.25, 0.3) is 0 Å². The van der Waals surface area contributed by atoms with Gasteiger partial charge in [0.15, 0.2) is 0 Å². The number of hydrogen-bond donors (Lipinski definition) is 1. The zero-order valence-electron chi connectivity index (χ0n) is 7.04. The number of hydrogen-bond acceptors (Lipinski definition) is 2. The van der Waals surface area contributed by atoms with Crippen molar-refractivity contribution in [2.75, 3.05) is 0 Å². The maximum Gasteiger partial charge on any atom is 1.00 e. The van der Waals surface area contributed by atoms with Crippen molar-refractivity contribution in [1.29, 1.82) is 0 Å². The summed E-state index contributed by atoms with van der Waals surface area (Å²) in [5, 5.41) is 8.49. The number of halogens is 3. The molecule has 0 radical (unpaired) electrons. The van der Waals surface area contributed by atoms with E-state index in [4.69, 9.17) is 5.11 Å². The summed E-state index contributed by atoms with van der Waals surface area (Å²) in [6, 6.07) is 2.07. The number of aliphatic hydroxyl groups excluding tert-OH is 1. The molecule has 7 heteroatoms. The summed E-state index contributed by atoms with van der Waals surface area (Å²) in [4.78, 5) is 3.41. The molecule has 0 aliphatic heterocycles. The summed E-state index contributed by atoms with van der Waals surface area (Å²) < 4.78 is 36.0. The third-order valence-electron chi connectivity index (χ3n) is 1.39. The summed E-state index contributed by atoms with van der Waals surface area (Å²) >= 11 is 0. The molecule has 0 spiro atoms. The third kappa shape index (κ3) is 4.09. The van der Waals surface area contributed by atoms with Crippen molar-refractivity contribution in [3.63, 3.8) is 0 Å². The molecule has 1 heterocycles.